The quantitative estimate of drug-likeness (QED) is 0.842. The van der Waals surface area contributed by atoms with Gasteiger partial charge in [0.25, 0.3) is 0 Å². The van der Waals surface area contributed by atoms with Gasteiger partial charge in [0, 0.05) is 18.1 Å². The van der Waals surface area contributed by atoms with E-state index < -0.39 is 10.0 Å². The largest absolute Gasteiger partial charge is 0.324 e. The van der Waals surface area contributed by atoms with Crippen LogP contribution in [0, 0.1) is 0 Å². The number of aromatic nitrogens is 2. The Kier molecular flexibility index (Phi) is 3.03. The number of hydrogen-bond acceptors (Lipinski definition) is 5. The lowest BCUT2D eigenvalue weighted by molar-refractivity contribution is 0.598. The van der Waals surface area contributed by atoms with Gasteiger partial charge in [-0.25, -0.2) is 23.5 Å². The van der Waals surface area contributed by atoms with Crippen LogP contribution in [0.4, 0.5) is 11.6 Å². The second-order valence-electron chi connectivity index (χ2n) is 3.27. The van der Waals surface area contributed by atoms with E-state index in [0.717, 1.165) is 0 Å². The lowest BCUT2D eigenvalue weighted by atomic mass is 10.3. The number of nitrogens with two attached hydrogens (primary N) is 1. The molecule has 7 heteroatoms. The third-order valence-corrected chi connectivity index (χ3v) is 2.90. The summed E-state index contributed by atoms with van der Waals surface area (Å²) in [6, 6.07) is 7.82. The summed E-state index contributed by atoms with van der Waals surface area (Å²) in [5, 5.41) is 7.91. The molecule has 0 atom stereocenters. The summed E-state index contributed by atoms with van der Waals surface area (Å²) < 4.78 is 22.3. The van der Waals surface area contributed by atoms with E-state index in [2.05, 4.69) is 15.3 Å². The molecule has 2 aromatic rings. The fraction of sp³-hybridized carbons (Fsp3) is 0. The maximum absolute atomic E-state index is 11.2. The van der Waals surface area contributed by atoms with Gasteiger partial charge >= 0.3 is 0 Å². The van der Waals surface area contributed by atoms with Crippen LogP contribution in [-0.2, 0) is 10.0 Å². The molecule has 0 fully saturated rings. The zero-order valence-corrected chi connectivity index (χ0v) is 9.55. The molecule has 0 radical (unpaired) electrons. The molecule has 0 aliphatic heterocycles. The average molecular weight is 250 g/mol. The first-order chi connectivity index (χ1) is 8.05. The molecule has 1 heterocycles. The molecule has 0 spiro atoms. The molecule has 0 aliphatic carbocycles. The summed E-state index contributed by atoms with van der Waals surface area (Å²) in [4.78, 5) is 7.97. The predicted molar refractivity (Wildman–Crippen MR) is 63.1 cm³/mol. The van der Waals surface area contributed by atoms with Crippen molar-refractivity contribution in [2.24, 2.45) is 5.14 Å². The van der Waals surface area contributed by atoms with Crippen molar-refractivity contribution < 1.29 is 8.42 Å². The number of nitrogens with one attached hydrogen (secondary N) is 1. The van der Waals surface area contributed by atoms with Gasteiger partial charge in [0.1, 0.15) is 0 Å². The summed E-state index contributed by atoms with van der Waals surface area (Å²) in [6.45, 7) is 0. The van der Waals surface area contributed by atoms with Gasteiger partial charge in [0.2, 0.25) is 16.0 Å². The first-order valence-electron chi connectivity index (χ1n) is 4.72. The van der Waals surface area contributed by atoms with Crippen LogP contribution in [0.5, 0.6) is 0 Å². The lowest BCUT2D eigenvalue weighted by Gasteiger charge is -2.05. The number of primary sulfonamides is 1. The first kappa shape index (κ1) is 11.5. The molecule has 88 valence electrons. The third kappa shape index (κ3) is 2.99. The number of sulfonamides is 1. The van der Waals surface area contributed by atoms with Crippen LogP contribution in [0.15, 0.2) is 47.6 Å². The van der Waals surface area contributed by atoms with Gasteiger partial charge in [0.15, 0.2) is 0 Å². The van der Waals surface area contributed by atoms with E-state index in [4.69, 9.17) is 5.14 Å². The fourth-order valence-electron chi connectivity index (χ4n) is 1.24. The Labute approximate surface area is 98.6 Å². The van der Waals surface area contributed by atoms with E-state index in [1.54, 1.807) is 30.6 Å². The van der Waals surface area contributed by atoms with Crippen molar-refractivity contribution in [2.75, 3.05) is 5.32 Å². The molecule has 6 nitrogen and oxygen atoms in total. The number of nitrogens with zero attached hydrogens (tertiary/aromatic N) is 2. The molecule has 0 bridgehead atoms. The smallest absolute Gasteiger partial charge is 0.238 e. The predicted octanol–water partition coefficient (Wildman–Crippen LogP) is 0.868. The summed E-state index contributed by atoms with van der Waals surface area (Å²) in [5.41, 5.74) is 0.558. The topological polar surface area (TPSA) is 98.0 Å². The molecule has 0 saturated carbocycles. The maximum Gasteiger partial charge on any atom is 0.238 e. The Hall–Kier alpha value is -1.99. The molecule has 1 aromatic carbocycles. The van der Waals surface area contributed by atoms with E-state index in [-0.39, 0.29) is 4.90 Å². The van der Waals surface area contributed by atoms with Gasteiger partial charge < -0.3 is 5.32 Å². The highest BCUT2D eigenvalue weighted by atomic mass is 32.2. The SMILES string of the molecule is NS(=O)(=O)c1cccc(Nc2ncccn2)c1. The Morgan fingerprint density at radius 2 is 1.82 bits per heavy atom. The zero-order chi connectivity index (χ0) is 12.3. The number of rotatable bonds is 3. The summed E-state index contributed by atoms with van der Waals surface area (Å²) in [7, 11) is -3.70. The Bertz CT molecular complexity index is 613. The van der Waals surface area contributed by atoms with Crippen molar-refractivity contribution in [3.8, 4) is 0 Å². The van der Waals surface area contributed by atoms with Gasteiger partial charge in [-0.15, -0.1) is 0 Å². The molecule has 3 N–H and O–H groups in total. The maximum atomic E-state index is 11.2. The average Bonchev–Trinajstić information content (AvgIpc) is 2.29. The minimum absolute atomic E-state index is 0.0402. The van der Waals surface area contributed by atoms with Crippen LogP contribution in [-0.4, -0.2) is 18.4 Å². The van der Waals surface area contributed by atoms with Gasteiger partial charge in [0.05, 0.1) is 4.90 Å². The molecule has 0 amide bonds. The molecule has 0 aliphatic rings. The highest BCUT2D eigenvalue weighted by Crippen LogP contribution is 2.16. The van der Waals surface area contributed by atoms with E-state index in [1.165, 1.54) is 12.1 Å². The minimum atomic E-state index is -3.70. The number of anilines is 2. The van der Waals surface area contributed by atoms with Crippen molar-refractivity contribution in [1.29, 1.82) is 0 Å². The molecular formula is C10H10N4O2S. The summed E-state index contributed by atoms with van der Waals surface area (Å²) in [6.07, 6.45) is 3.16. The zero-order valence-electron chi connectivity index (χ0n) is 8.74. The summed E-state index contributed by atoms with van der Waals surface area (Å²) >= 11 is 0. The second-order valence-corrected chi connectivity index (χ2v) is 4.83. The molecule has 0 unspecified atom stereocenters. The molecular weight excluding hydrogens is 240 g/mol. The Morgan fingerprint density at radius 3 is 2.47 bits per heavy atom. The fourth-order valence-corrected chi connectivity index (χ4v) is 1.80. The monoisotopic (exact) mass is 250 g/mol. The van der Waals surface area contributed by atoms with Crippen LogP contribution in [0.1, 0.15) is 0 Å². The van der Waals surface area contributed by atoms with E-state index in [1.807, 2.05) is 0 Å². The van der Waals surface area contributed by atoms with Crippen LogP contribution in [0.3, 0.4) is 0 Å². The van der Waals surface area contributed by atoms with Gasteiger partial charge in [-0.2, -0.15) is 0 Å². The Morgan fingerprint density at radius 1 is 1.12 bits per heavy atom. The Balaban J connectivity index is 2.29. The highest BCUT2D eigenvalue weighted by Gasteiger charge is 2.08. The number of benzene rings is 1. The second kappa shape index (κ2) is 4.48. The summed E-state index contributed by atoms with van der Waals surface area (Å²) in [5.74, 6) is 0.388. The number of hydrogen-bond donors (Lipinski definition) is 2. The molecule has 1 aromatic heterocycles. The van der Waals surface area contributed by atoms with Gasteiger partial charge in [-0.1, -0.05) is 6.07 Å². The van der Waals surface area contributed by atoms with Crippen LogP contribution in [0.25, 0.3) is 0 Å². The standard InChI is InChI=1S/C10H10N4O2S/c11-17(15,16)9-4-1-3-8(7-9)14-10-12-5-2-6-13-10/h1-7H,(H2,11,15,16)(H,12,13,14). The van der Waals surface area contributed by atoms with Crippen molar-refractivity contribution in [2.45, 2.75) is 4.90 Å². The molecule has 17 heavy (non-hydrogen) atoms. The van der Waals surface area contributed by atoms with Gasteiger partial charge in [-0.3, -0.25) is 0 Å². The third-order valence-electron chi connectivity index (χ3n) is 1.98. The van der Waals surface area contributed by atoms with Gasteiger partial charge in [-0.05, 0) is 24.3 Å². The van der Waals surface area contributed by atoms with Crippen LogP contribution >= 0.6 is 0 Å². The van der Waals surface area contributed by atoms with Crippen molar-refractivity contribution in [1.82, 2.24) is 9.97 Å². The van der Waals surface area contributed by atoms with E-state index in [9.17, 15) is 8.42 Å². The van der Waals surface area contributed by atoms with Crippen molar-refractivity contribution >= 4 is 21.7 Å². The van der Waals surface area contributed by atoms with E-state index >= 15 is 0 Å². The van der Waals surface area contributed by atoms with Crippen LogP contribution in [0.2, 0.25) is 0 Å². The van der Waals surface area contributed by atoms with Crippen molar-refractivity contribution in [3.63, 3.8) is 0 Å². The van der Waals surface area contributed by atoms with E-state index in [0.29, 0.717) is 11.6 Å². The van der Waals surface area contributed by atoms with Crippen LogP contribution < -0.4 is 10.5 Å². The highest BCUT2D eigenvalue weighted by molar-refractivity contribution is 7.89. The van der Waals surface area contributed by atoms with Crippen molar-refractivity contribution in [3.05, 3.63) is 42.7 Å². The molecule has 2 rings (SSSR count). The lowest BCUT2D eigenvalue weighted by Crippen LogP contribution is -2.12. The normalized spacial score (nSPS) is 11.1. The minimum Gasteiger partial charge on any atom is -0.324 e. The molecule has 0 saturated heterocycles. The first-order valence-corrected chi connectivity index (χ1v) is 6.27.